The number of carbonyl (C=O) groups excluding carboxylic acids is 1. The van der Waals surface area contributed by atoms with Gasteiger partial charge in [0.05, 0.1) is 35.7 Å². The monoisotopic (exact) mass is 451 g/mol. The van der Waals surface area contributed by atoms with Gasteiger partial charge >= 0.3 is 12.4 Å². The summed E-state index contributed by atoms with van der Waals surface area (Å²) in [7, 11) is 1.19. The molecule has 0 bridgehead atoms. The van der Waals surface area contributed by atoms with Crippen molar-refractivity contribution in [3.8, 4) is 0 Å². The number of aromatic nitrogens is 2. The average molecular weight is 451 g/mol. The number of hydrogen-bond acceptors (Lipinski definition) is 3. The van der Waals surface area contributed by atoms with Crippen LogP contribution in [0.1, 0.15) is 41.4 Å². The fourth-order valence-electron chi connectivity index (χ4n) is 3.08. The first-order chi connectivity index (χ1) is 14.5. The summed E-state index contributed by atoms with van der Waals surface area (Å²) < 4.78 is 80.8. The number of hydrogen-bond donors (Lipinski definition) is 0. The summed E-state index contributed by atoms with van der Waals surface area (Å²) in [6, 6.07) is 3.46. The fraction of sp³-hybridized carbons (Fsp3) is 0.500. The maximum atomic E-state index is 12.4. The zero-order valence-electron chi connectivity index (χ0n) is 17.1. The Kier molecular flexibility index (Phi) is 8.10. The highest BCUT2D eigenvalue weighted by molar-refractivity contribution is 5.47. The molecule has 0 spiro atoms. The van der Waals surface area contributed by atoms with Crippen LogP contribution in [0.15, 0.2) is 24.3 Å². The Morgan fingerprint density at radius 3 is 2.13 bits per heavy atom. The van der Waals surface area contributed by atoms with Crippen LogP contribution in [0.3, 0.4) is 0 Å². The number of methoxy groups -OCH3 is 1. The van der Waals surface area contributed by atoms with Crippen molar-refractivity contribution < 1.29 is 35.9 Å². The minimum absolute atomic E-state index is 0.0825. The predicted octanol–water partition coefficient (Wildman–Crippen LogP) is 4.68. The molecule has 0 saturated carbocycles. The molecule has 1 aromatic carbocycles. The molecule has 1 aliphatic rings. The van der Waals surface area contributed by atoms with Crippen LogP contribution in [-0.2, 0) is 48.0 Å². The number of alkyl halides is 6. The number of ether oxygens (including phenoxy) is 1. The molecule has 2 aromatic rings. The third kappa shape index (κ3) is 6.98. The van der Waals surface area contributed by atoms with E-state index in [4.69, 9.17) is 0 Å². The molecule has 172 valence electrons. The molecular formula is C20H23F6N3O2. The molecule has 0 saturated heterocycles. The van der Waals surface area contributed by atoms with Crippen molar-refractivity contribution in [3.05, 3.63) is 52.3 Å². The Bertz CT molecular complexity index is 845. The molecule has 0 atom stereocenters. The molecule has 1 amide bonds. The van der Waals surface area contributed by atoms with Crippen molar-refractivity contribution in [2.45, 2.75) is 51.8 Å². The van der Waals surface area contributed by atoms with Gasteiger partial charge in [0, 0.05) is 20.2 Å². The second-order valence-corrected chi connectivity index (χ2v) is 6.98. The molecule has 1 aromatic heterocycles. The molecule has 3 rings (SSSR count). The number of aryl methyl sites for hydroxylation is 2. The average Bonchev–Trinajstić information content (AvgIpc) is 2.98. The summed E-state index contributed by atoms with van der Waals surface area (Å²) in [5.41, 5.74) is -0.562. The maximum absolute atomic E-state index is 12.4. The van der Waals surface area contributed by atoms with Gasteiger partial charge in [0.2, 0.25) is 6.41 Å². The van der Waals surface area contributed by atoms with Gasteiger partial charge in [0.1, 0.15) is 0 Å². The SMILES string of the molecule is CCc1cc2n(n1)CCCN(C=O)C2.COCc1cc(C(F)(F)F)cc(C(F)(F)F)c1. The standard InChI is InChI=1S/C10H8F6O.C10H15N3O/c1-17-5-6-2-7(9(11,12)13)4-8(3-6)10(14,15)16;1-2-9-6-10-7-12(8-14)4-3-5-13(10)11-9/h2-4H,5H2,1H3;6,8H,2-5,7H2,1H3. The lowest BCUT2D eigenvalue weighted by molar-refractivity contribution is -0.143. The van der Waals surface area contributed by atoms with Gasteiger partial charge in [-0.25, -0.2) is 0 Å². The lowest BCUT2D eigenvalue weighted by Gasteiger charge is -2.13. The fourth-order valence-corrected chi connectivity index (χ4v) is 3.08. The minimum atomic E-state index is -4.82. The van der Waals surface area contributed by atoms with E-state index in [9.17, 15) is 31.1 Å². The summed E-state index contributed by atoms with van der Waals surface area (Å²) in [6.45, 7) is 4.26. The number of nitrogens with zero attached hydrogens (tertiary/aromatic N) is 3. The van der Waals surface area contributed by atoms with Crippen LogP contribution in [0, 0.1) is 0 Å². The maximum Gasteiger partial charge on any atom is 0.416 e. The van der Waals surface area contributed by atoms with E-state index in [1.54, 1.807) is 4.90 Å². The van der Waals surface area contributed by atoms with Gasteiger partial charge in [-0.1, -0.05) is 6.92 Å². The first-order valence-corrected chi connectivity index (χ1v) is 9.50. The van der Waals surface area contributed by atoms with Crippen LogP contribution >= 0.6 is 0 Å². The van der Waals surface area contributed by atoms with E-state index < -0.39 is 23.5 Å². The lowest BCUT2D eigenvalue weighted by atomic mass is 10.1. The number of rotatable bonds is 4. The molecule has 0 N–H and O–H groups in total. The lowest BCUT2D eigenvalue weighted by Crippen LogP contribution is -2.20. The van der Waals surface area contributed by atoms with Gasteiger partial charge in [-0.05, 0) is 42.7 Å². The Morgan fingerprint density at radius 1 is 1.03 bits per heavy atom. The molecule has 11 heteroatoms. The molecule has 0 fully saturated rings. The van der Waals surface area contributed by atoms with Crippen molar-refractivity contribution in [3.63, 3.8) is 0 Å². The highest BCUT2D eigenvalue weighted by Gasteiger charge is 2.36. The summed E-state index contributed by atoms with van der Waals surface area (Å²) in [5, 5.41) is 4.47. The Balaban J connectivity index is 0.000000224. The first-order valence-electron chi connectivity index (χ1n) is 9.50. The number of fused-ring (bicyclic) bond motifs is 1. The van der Waals surface area contributed by atoms with Gasteiger partial charge in [0.25, 0.3) is 0 Å². The Hall–Kier alpha value is -2.56. The van der Waals surface area contributed by atoms with Crippen LogP contribution in [0.5, 0.6) is 0 Å². The molecular weight excluding hydrogens is 428 g/mol. The van der Waals surface area contributed by atoms with Crippen molar-refractivity contribution in [1.29, 1.82) is 0 Å². The van der Waals surface area contributed by atoms with E-state index >= 15 is 0 Å². The van der Waals surface area contributed by atoms with E-state index in [0.29, 0.717) is 18.7 Å². The number of carbonyl (C=O) groups is 1. The van der Waals surface area contributed by atoms with E-state index in [0.717, 1.165) is 43.7 Å². The molecule has 1 aliphatic heterocycles. The molecule has 0 radical (unpaired) electrons. The Morgan fingerprint density at radius 2 is 1.65 bits per heavy atom. The molecule has 2 heterocycles. The first kappa shape index (κ1) is 24.7. The van der Waals surface area contributed by atoms with E-state index in [1.165, 1.54) is 7.11 Å². The van der Waals surface area contributed by atoms with Crippen LogP contribution in [0.4, 0.5) is 26.3 Å². The van der Waals surface area contributed by atoms with E-state index in [2.05, 4.69) is 22.8 Å². The third-order valence-corrected chi connectivity index (χ3v) is 4.56. The largest absolute Gasteiger partial charge is 0.416 e. The molecule has 5 nitrogen and oxygen atoms in total. The summed E-state index contributed by atoms with van der Waals surface area (Å²) in [5.74, 6) is 0. The summed E-state index contributed by atoms with van der Waals surface area (Å²) >= 11 is 0. The van der Waals surface area contributed by atoms with E-state index in [1.807, 2.05) is 4.68 Å². The van der Waals surface area contributed by atoms with Crippen molar-refractivity contribution in [2.75, 3.05) is 13.7 Å². The second kappa shape index (κ2) is 10.2. The number of amides is 1. The van der Waals surface area contributed by atoms with Gasteiger partial charge in [-0.15, -0.1) is 0 Å². The molecule has 0 aliphatic carbocycles. The van der Waals surface area contributed by atoms with Crippen molar-refractivity contribution in [2.24, 2.45) is 0 Å². The van der Waals surface area contributed by atoms with Gasteiger partial charge < -0.3 is 9.64 Å². The van der Waals surface area contributed by atoms with Crippen molar-refractivity contribution in [1.82, 2.24) is 14.7 Å². The van der Waals surface area contributed by atoms with Crippen LogP contribution in [-0.4, -0.2) is 34.7 Å². The third-order valence-electron chi connectivity index (χ3n) is 4.56. The number of benzene rings is 1. The highest BCUT2D eigenvalue weighted by atomic mass is 19.4. The van der Waals surface area contributed by atoms with Crippen molar-refractivity contribution >= 4 is 6.41 Å². The topological polar surface area (TPSA) is 47.4 Å². The predicted molar refractivity (Wildman–Crippen MR) is 99.9 cm³/mol. The van der Waals surface area contributed by atoms with E-state index in [-0.39, 0.29) is 18.2 Å². The molecule has 31 heavy (non-hydrogen) atoms. The highest BCUT2D eigenvalue weighted by Crippen LogP contribution is 2.36. The van der Waals surface area contributed by atoms with Gasteiger partial charge in [-0.3, -0.25) is 9.48 Å². The zero-order valence-corrected chi connectivity index (χ0v) is 17.1. The quantitative estimate of drug-likeness (QED) is 0.501. The molecule has 0 unspecified atom stereocenters. The second-order valence-electron chi connectivity index (χ2n) is 6.98. The smallest absolute Gasteiger partial charge is 0.380 e. The van der Waals surface area contributed by atoms with Crippen LogP contribution in [0.25, 0.3) is 0 Å². The minimum Gasteiger partial charge on any atom is -0.380 e. The van der Waals surface area contributed by atoms with Crippen LogP contribution in [0.2, 0.25) is 0 Å². The normalized spacial score (nSPS) is 14.4. The Labute approximate surface area is 175 Å². The zero-order chi connectivity index (χ0) is 23.2. The van der Waals surface area contributed by atoms with Crippen LogP contribution < -0.4 is 0 Å². The van der Waals surface area contributed by atoms with Gasteiger partial charge in [-0.2, -0.15) is 31.4 Å². The van der Waals surface area contributed by atoms with Gasteiger partial charge in [0.15, 0.2) is 0 Å². The summed E-state index contributed by atoms with van der Waals surface area (Å²) in [6.07, 6.45) is -6.75. The summed E-state index contributed by atoms with van der Waals surface area (Å²) in [4.78, 5) is 12.5. The number of halogens is 6.